The highest BCUT2D eigenvalue weighted by Gasteiger charge is 2.11. The van der Waals surface area contributed by atoms with Crippen molar-refractivity contribution < 1.29 is 19.1 Å². The summed E-state index contributed by atoms with van der Waals surface area (Å²) < 4.78 is 9.83. The molecule has 1 amide bonds. The minimum atomic E-state index is -0.803. The molecule has 0 saturated heterocycles. The van der Waals surface area contributed by atoms with E-state index >= 15 is 0 Å². The van der Waals surface area contributed by atoms with Gasteiger partial charge in [-0.05, 0) is 31.2 Å². The van der Waals surface area contributed by atoms with E-state index in [0.29, 0.717) is 11.3 Å². The monoisotopic (exact) mass is 248 g/mol. The minimum Gasteiger partial charge on any atom is -0.484 e. The van der Waals surface area contributed by atoms with E-state index in [0.717, 1.165) is 0 Å². The first kappa shape index (κ1) is 13.5. The van der Waals surface area contributed by atoms with Crippen molar-refractivity contribution in [1.29, 1.82) is 5.26 Å². The van der Waals surface area contributed by atoms with E-state index < -0.39 is 18.0 Å². The summed E-state index contributed by atoms with van der Waals surface area (Å²) in [6.07, 6.45) is -0.803. The van der Waals surface area contributed by atoms with Crippen molar-refractivity contribution in [2.45, 2.75) is 13.0 Å². The summed E-state index contributed by atoms with van der Waals surface area (Å²) in [5.41, 5.74) is 5.21. The van der Waals surface area contributed by atoms with Crippen LogP contribution < -0.4 is 10.5 Å². The average Bonchev–Trinajstić information content (AvgIpc) is 2.36. The molecule has 0 aliphatic heterocycles. The van der Waals surface area contributed by atoms with Gasteiger partial charge in [0.25, 0.3) is 5.91 Å². The Kier molecular flexibility index (Phi) is 4.69. The van der Waals surface area contributed by atoms with Crippen LogP contribution in [0.25, 0.3) is 0 Å². The molecule has 18 heavy (non-hydrogen) atoms. The second-order valence-corrected chi connectivity index (χ2v) is 3.46. The van der Waals surface area contributed by atoms with Gasteiger partial charge in [0.05, 0.1) is 5.56 Å². The lowest BCUT2D eigenvalue weighted by molar-refractivity contribution is -0.119. The number of nitrogens with two attached hydrogens (primary N) is 1. The van der Waals surface area contributed by atoms with Gasteiger partial charge in [-0.25, -0.2) is 4.79 Å². The van der Waals surface area contributed by atoms with Crippen molar-refractivity contribution in [1.82, 2.24) is 0 Å². The molecule has 0 aliphatic carbocycles. The first-order valence-corrected chi connectivity index (χ1v) is 5.14. The molecule has 0 aromatic heterocycles. The lowest BCUT2D eigenvalue weighted by atomic mass is 10.2. The van der Waals surface area contributed by atoms with E-state index in [1.165, 1.54) is 31.2 Å². The first-order valence-electron chi connectivity index (χ1n) is 5.14. The van der Waals surface area contributed by atoms with Gasteiger partial charge in [0.15, 0.2) is 12.7 Å². The van der Waals surface area contributed by atoms with Crippen molar-refractivity contribution in [2.24, 2.45) is 5.73 Å². The van der Waals surface area contributed by atoms with Gasteiger partial charge in [-0.3, -0.25) is 4.79 Å². The third-order valence-electron chi connectivity index (χ3n) is 1.94. The van der Waals surface area contributed by atoms with Gasteiger partial charge >= 0.3 is 5.97 Å². The smallest absolute Gasteiger partial charge is 0.339 e. The van der Waals surface area contributed by atoms with Gasteiger partial charge in [-0.15, -0.1) is 0 Å². The lowest BCUT2D eigenvalue weighted by Gasteiger charge is -2.07. The van der Waals surface area contributed by atoms with Crippen molar-refractivity contribution in [2.75, 3.05) is 6.61 Å². The molecule has 1 atom stereocenters. The van der Waals surface area contributed by atoms with Crippen molar-refractivity contribution in [3.63, 3.8) is 0 Å². The minimum absolute atomic E-state index is 0.227. The zero-order valence-electron chi connectivity index (χ0n) is 9.75. The fourth-order valence-corrected chi connectivity index (χ4v) is 1.10. The van der Waals surface area contributed by atoms with Crippen molar-refractivity contribution in [3.05, 3.63) is 29.8 Å². The molecule has 0 spiro atoms. The summed E-state index contributed by atoms with van der Waals surface area (Å²) in [5, 5.41) is 8.51. The molecule has 0 aliphatic rings. The zero-order valence-corrected chi connectivity index (χ0v) is 9.75. The molecular weight excluding hydrogens is 236 g/mol. The summed E-state index contributed by atoms with van der Waals surface area (Å²) in [5.74, 6) is -0.759. The summed E-state index contributed by atoms with van der Waals surface area (Å²) in [6.45, 7) is 1.25. The average molecular weight is 248 g/mol. The maximum atomic E-state index is 11.5. The number of nitrogens with zero attached hydrogens (tertiary/aromatic N) is 1. The third-order valence-corrected chi connectivity index (χ3v) is 1.94. The van der Waals surface area contributed by atoms with Crippen LogP contribution in [0.5, 0.6) is 5.75 Å². The maximum Gasteiger partial charge on any atom is 0.339 e. The number of benzene rings is 1. The molecule has 0 radical (unpaired) electrons. The van der Waals surface area contributed by atoms with Crippen LogP contribution in [0.15, 0.2) is 24.3 Å². The number of nitriles is 1. The van der Waals surface area contributed by atoms with Crippen LogP contribution in [-0.2, 0) is 9.53 Å². The Morgan fingerprint density at radius 2 is 2.00 bits per heavy atom. The van der Waals surface area contributed by atoms with E-state index in [-0.39, 0.29) is 6.61 Å². The number of carbonyl (C=O) groups excluding carboxylic acids is 2. The molecule has 0 heterocycles. The Morgan fingerprint density at radius 3 is 2.50 bits per heavy atom. The molecule has 6 heteroatoms. The van der Waals surface area contributed by atoms with Crippen LogP contribution in [-0.4, -0.2) is 24.6 Å². The van der Waals surface area contributed by atoms with Crippen LogP contribution >= 0.6 is 0 Å². The van der Waals surface area contributed by atoms with E-state index in [1.807, 2.05) is 0 Å². The van der Waals surface area contributed by atoms with E-state index in [9.17, 15) is 9.59 Å². The number of carbonyl (C=O) groups is 2. The Labute approximate surface area is 104 Å². The molecule has 1 rings (SSSR count). The standard InChI is InChI=1S/C12H12N2O4/c1-8(6-13)18-12(16)9-2-4-10(5-3-9)17-7-11(14)15/h2-5,8H,7H2,1H3,(H2,14,15)/t8-/m0/s1. The summed E-state index contributed by atoms with van der Waals surface area (Å²) in [7, 11) is 0. The molecule has 94 valence electrons. The predicted octanol–water partition coefficient (Wildman–Crippen LogP) is 0.620. The van der Waals surface area contributed by atoms with Gasteiger partial charge in [0, 0.05) is 0 Å². The molecule has 1 aromatic rings. The molecule has 6 nitrogen and oxygen atoms in total. The Balaban J connectivity index is 2.62. The lowest BCUT2D eigenvalue weighted by Crippen LogP contribution is -2.20. The number of hydrogen-bond donors (Lipinski definition) is 1. The number of esters is 1. The maximum absolute atomic E-state index is 11.5. The van der Waals surface area contributed by atoms with Gasteiger partial charge in [-0.2, -0.15) is 5.26 Å². The van der Waals surface area contributed by atoms with Crippen LogP contribution in [0.4, 0.5) is 0 Å². The first-order chi connectivity index (χ1) is 8.52. The fourth-order valence-electron chi connectivity index (χ4n) is 1.10. The summed E-state index contributed by atoms with van der Waals surface area (Å²) in [4.78, 5) is 22.0. The zero-order chi connectivity index (χ0) is 13.5. The highest BCUT2D eigenvalue weighted by atomic mass is 16.5. The van der Waals surface area contributed by atoms with Gasteiger partial charge in [-0.1, -0.05) is 0 Å². The van der Waals surface area contributed by atoms with Gasteiger partial charge in [0.2, 0.25) is 0 Å². The summed E-state index contributed by atoms with van der Waals surface area (Å²) in [6, 6.07) is 7.76. The number of rotatable bonds is 5. The van der Waals surface area contributed by atoms with Crippen LogP contribution in [0.1, 0.15) is 17.3 Å². The SMILES string of the molecule is C[C@@H](C#N)OC(=O)c1ccc(OCC(N)=O)cc1. The Hall–Kier alpha value is -2.55. The van der Waals surface area contributed by atoms with Gasteiger partial charge in [0.1, 0.15) is 11.8 Å². The van der Waals surface area contributed by atoms with E-state index in [4.69, 9.17) is 20.5 Å². The molecule has 0 bridgehead atoms. The predicted molar refractivity (Wildman–Crippen MR) is 61.6 cm³/mol. The second-order valence-electron chi connectivity index (χ2n) is 3.46. The van der Waals surface area contributed by atoms with Crippen molar-refractivity contribution in [3.8, 4) is 11.8 Å². The van der Waals surface area contributed by atoms with Crippen LogP contribution in [0.2, 0.25) is 0 Å². The third kappa shape index (κ3) is 4.14. The largest absolute Gasteiger partial charge is 0.484 e. The Bertz CT molecular complexity index is 476. The molecular formula is C12H12N2O4. The normalized spacial score (nSPS) is 11.1. The molecule has 1 aromatic carbocycles. The topological polar surface area (TPSA) is 102 Å². The van der Waals surface area contributed by atoms with Crippen LogP contribution in [0, 0.1) is 11.3 Å². The van der Waals surface area contributed by atoms with E-state index in [1.54, 1.807) is 6.07 Å². The molecule has 0 saturated carbocycles. The van der Waals surface area contributed by atoms with Crippen LogP contribution in [0.3, 0.4) is 0 Å². The quantitative estimate of drug-likeness (QED) is 0.769. The summed E-state index contributed by atoms with van der Waals surface area (Å²) >= 11 is 0. The molecule has 0 fully saturated rings. The van der Waals surface area contributed by atoms with Gasteiger partial charge < -0.3 is 15.2 Å². The Morgan fingerprint density at radius 1 is 1.39 bits per heavy atom. The number of hydrogen-bond acceptors (Lipinski definition) is 5. The fraction of sp³-hybridized carbons (Fsp3) is 0.250. The highest BCUT2D eigenvalue weighted by Crippen LogP contribution is 2.13. The number of primary amides is 1. The molecule has 0 unspecified atom stereocenters. The number of ether oxygens (including phenoxy) is 2. The van der Waals surface area contributed by atoms with E-state index in [2.05, 4.69) is 0 Å². The highest BCUT2D eigenvalue weighted by molar-refractivity contribution is 5.89. The molecule has 2 N–H and O–H groups in total. The van der Waals surface area contributed by atoms with Crippen molar-refractivity contribution >= 4 is 11.9 Å². The second kappa shape index (κ2) is 6.25. The number of amides is 1.